The van der Waals surface area contributed by atoms with E-state index in [0.717, 1.165) is 12.8 Å². The van der Waals surface area contributed by atoms with Crippen molar-refractivity contribution in [3.8, 4) is 0 Å². The Morgan fingerprint density at radius 1 is 0.939 bits per heavy atom. The van der Waals surface area contributed by atoms with Crippen molar-refractivity contribution in [2.45, 2.75) is 70.6 Å². The van der Waals surface area contributed by atoms with E-state index in [-0.39, 0.29) is 5.04 Å². The molecule has 0 bridgehead atoms. The summed E-state index contributed by atoms with van der Waals surface area (Å²) in [5.74, 6) is 2.59. The van der Waals surface area contributed by atoms with Crippen LogP contribution in [0.3, 0.4) is 0 Å². The third kappa shape index (κ3) is 3.75. The number of nitrogens with zero attached hydrogens (tertiary/aromatic N) is 2. The zero-order valence-electron chi connectivity index (χ0n) is 20.5. The Hall–Kier alpha value is -2.37. The van der Waals surface area contributed by atoms with Crippen molar-refractivity contribution >= 4 is 24.5 Å². The molecule has 0 aliphatic heterocycles. The van der Waals surface area contributed by atoms with Crippen molar-refractivity contribution in [1.29, 1.82) is 0 Å². The third-order valence-electron chi connectivity index (χ3n) is 7.78. The molecule has 2 aliphatic rings. The highest BCUT2D eigenvalue weighted by Gasteiger charge is 2.60. The second kappa shape index (κ2) is 8.14. The molecule has 1 heterocycles. The predicted octanol–water partition coefficient (Wildman–Crippen LogP) is 5.11. The number of fused-ring (bicyclic) bond motifs is 1. The third-order valence-corrected chi connectivity index (χ3v) is 12.9. The smallest absolute Gasteiger partial charge is 0.261 e. The van der Waals surface area contributed by atoms with Crippen LogP contribution in [0.1, 0.15) is 65.1 Å². The van der Waals surface area contributed by atoms with E-state index in [0.29, 0.717) is 35.7 Å². The fourth-order valence-electron chi connectivity index (χ4n) is 6.36. The molecule has 3 aromatic rings. The van der Waals surface area contributed by atoms with Gasteiger partial charge in [-0.3, -0.25) is 4.68 Å². The molecule has 2 saturated carbocycles. The molecule has 2 atom stereocenters. The molecule has 4 nitrogen and oxygen atoms in total. The Balaban J connectivity index is 1.44. The zero-order valence-corrected chi connectivity index (χ0v) is 21.5. The Morgan fingerprint density at radius 2 is 1.45 bits per heavy atom. The largest absolute Gasteiger partial charge is 0.404 e. The maximum Gasteiger partial charge on any atom is 0.261 e. The molecular weight excluding hydrogens is 422 g/mol. The number of hydrogen-bond donors (Lipinski definition) is 1. The van der Waals surface area contributed by atoms with E-state index in [1.165, 1.54) is 16.1 Å². The van der Waals surface area contributed by atoms with Crippen LogP contribution in [0.15, 0.2) is 66.7 Å². The molecule has 2 aromatic carbocycles. The van der Waals surface area contributed by atoms with E-state index >= 15 is 0 Å². The van der Waals surface area contributed by atoms with Gasteiger partial charge in [0.25, 0.3) is 8.32 Å². The van der Waals surface area contributed by atoms with Gasteiger partial charge in [0.15, 0.2) is 0 Å². The second-order valence-electron chi connectivity index (χ2n) is 11.3. The number of nitrogen functional groups attached to an aromatic ring is 1. The average Bonchev–Trinajstić information content (AvgIpc) is 3.09. The lowest BCUT2D eigenvalue weighted by molar-refractivity contribution is 0.177. The van der Waals surface area contributed by atoms with Crippen LogP contribution in [0, 0.1) is 11.8 Å². The Labute approximate surface area is 199 Å². The summed E-state index contributed by atoms with van der Waals surface area (Å²) in [6.07, 6.45) is 2.56. The molecule has 2 unspecified atom stereocenters. The quantitative estimate of drug-likeness (QED) is 0.521. The van der Waals surface area contributed by atoms with E-state index in [9.17, 15) is 0 Å². The van der Waals surface area contributed by atoms with Gasteiger partial charge in [0, 0.05) is 29.8 Å². The fourth-order valence-corrected chi connectivity index (χ4v) is 11.1. The molecule has 174 valence electrons. The van der Waals surface area contributed by atoms with Crippen LogP contribution in [-0.4, -0.2) is 24.2 Å². The first kappa shape index (κ1) is 22.4. The lowest BCUT2D eigenvalue weighted by atomic mass is 10.1. The van der Waals surface area contributed by atoms with Crippen LogP contribution in [0.2, 0.25) is 5.04 Å². The van der Waals surface area contributed by atoms with Gasteiger partial charge in [0.1, 0.15) is 5.82 Å². The summed E-state index contributed by atoms with van der Waals surface area (Å²) < 4.78 is 9.53. The van der Waals surface area contributed by atoms with Crippen LogP contribution in [0.25, 0.3) is 0 Å². The highest BCUT2D eigenvalue weighted by atomic mass is 28.4. The van der Waals surface area contributed by atoms with Crippen LogP contribution >= 0.6 is 0 Å². The number of benzene rings is 2. The normalized spacial score (nSPS) is 24.8. The molecule has 5 rings (SSSR count). The van der Waals surface area contributed by atoms with E-state index in [1.54, 1.807) is 0 Å². The SMILES string of the molecule is CC(C)n1nc(N)cc1C1C2CC(O[Si](c3ccccc3)(c3ccccc3)C(C)(C)C)CC21. The molecule has 33 heavy (non-hydrogen) atoms. The lowest BCUT2D eigenvalue weighted by Gasteiger charge is -2.45. The monoisotopic (exact) mass is 459 g/mol. The number of hydrogen-bond acceptors (Lipinski definition) is 3. The molecule has 5 heteroatoms. The summed E-state index contributed by atoms with van der Waals surface area (Å²) in [6.45, 7) is 11.5. The molecule has 2 fully saturated rings. The topological polar surface area (TPSA) is 53.1 Å². The standard InChI is InChI=1S/C28H37N3OSi/c1-19(2)31-25(18-26(29)30-31)27-23-16-20(17-24(23)27)32-33(28(3,4)5,21-12-8-6-9-13-21)22-14-10-7-11-15-22/h6-15,18-20,23-24,27H,16-17H2,1-5H3,(H2,29,30). The second-order valence-corrected chi connectivity index (χ2v) is 15.5. The van der Waals surface area contributed by atoms with Crippen molar-refractivity contribution in [1.82, 2.24) is 9.78 Å². The van der Waals surface area contributed by atoms with Crippen LogP contribution in [0.5, 0.6) is 0 Å². The van der Waals surface area contributed by atoms with Crippen molar-refractivity contribution in [2.24, 2.45) is 11.8 Å². The molecule has 0 spiro atoms. The van der Waals surface area contributed by atoms with Crippen molar-refractivity contribution in [3.63, 3.8) is 0 Å². The fraction of sp³-hybridized carbons (Fsp3) is 0.464. The predicted molar refractivity (Wildman–Crippen MR) is 138 cm³/mol. The Morgan fingerprint density at radius 3 is 1.91 bits per heavy atom. The average molecular weight is 460 g/mol. The Kier molecular flexibility index (Phi) is 5.53. The number of nitrogens with two attached hydrogens (primary N) is 1. The van der Waals surface area contributed by atoms with Crippen molar-refractivity contribution in [3.05, 3.63) is 72.4 Å². The van der Waals surface area contributed by atoms with Gasteiger partial charge in [-0.05, 0) is 53.9 Å². The minimum Gasteiger partial charge on any atom is -0.404 e. The summed E-state index contributed by atoms with van der Waals surface area (Å²) in [5, 5.41) is 7.31. The van der Waals surface area contributed by atoms with E-state index in [4.69, 9.17) is 10.2 Å². The van der Waals surface area contributed by atoms with Gasteiger partial charge in [-0.2, -0.15) is 5.10 Å². The van der Waals surface area contributed by atoms with E-state index in [1.807, 2.05) is 0 Å². The van der Waals surface area contributed by atoms with Gasteiger partial charge in [-0.1, -0.05) is 81.4 Å². The first-order chi connectivity index (χ1) is 15.7. The maximum atomic E-state index is 7.40. The number of anilines is 1. The molecule has 1 aromatic heterocycles. The number of aromatic nitrogens is 2. The molecule has 0 radical (unpaired) electrons. The van der Waals surface area contributed by atoms with E-state index in [2.05, 4.69) is 111 Å². The first-order valence-corrected chi connectivity index (χ1v) is 14.3. The van der Waals surface area contributed by atoms with Gasteiger partial charge >= 0.3 is 0 Å². The summed E-state index contributed by atoms with van der Waals surface area (Å²) >= 11 is 0. The first-order valence-electron chi connectivity index (χ1n) is 12.4. The summed E-state index contributed by atoms with van der Waals surface area (Å²) in [5.41, 5.74) is 7.39. The van der Waals surface area contributed by atoms with Gasteiger partial charge < -0.3 is 10.2 Å². The van der Waals surface area contributed by atoms with Crippen molar-refractivity contribution in [2.75, 3.05) is 5.73 Å². The molecular formula is C28H37N3OSi. The Bertz CT molecular complexity index is 1050. The highest BCUT2D eigenvalue weighted by Crippen LogP contribution is 2.64. The van der Waals surface area contributed by atoms with Gasteiger partial charge in [0.05, 0.1) is 0 Å². The molecule has 0 saturated heterocycles. The minimum absolute atomic E-state index is 0.0204. The van der Waals surface area contributed by atoms with Gasteiger partial charge in [-0.15, -0.1) is 0 Å². The van der Waals surface area contributed by atoms with Crippen LogP contribution < -0.4 is 16.1 Å². The van der Waals surface area contributed by atoms with Gasteiger partial charge in [-0.25, -0.2) is 0 Å². The highest BCUT2D eigenvalue weighted by molar-refractivity contribution is 6.99. The summed E-state index contributed by atoms with van der Waals surface area (Å²) in [7, 11) is -2.49. The lowest BCUT2D eigenvalue weighted by Crippen LogP contribution is -2.67. The minimum atomic E-state index is -2.49. The van der Waals surface area contributed by atoms with Crippen LogP contribution in [0.4, 0.5) is 5.82 Å². The van der Waals surface area contributed by atoms with Crippen LogP contribution in [-0.2, 0) is 4.43 Å². The summed E-state index contributed by atoms with van der Waals surface area (Å²) in [4.78, 5) is 0. The molecule has 2 N–H and O–H groups in total. The summed E-state index contributed by atoms with van der Waals surface area (Å²) in [6, 6.07) is 24.4. The van der Waals surface area contributed by atoms with E-state index < -0.39 is 8.32 Å². The maximum absolute atomic E-state index is 7.40. The van der Waals surface area contributed by atoms with Gasteiger partial charge in [0.2, 0.25) is 0 Å². The van der Waals surface area contributed by atoms with Crippen molar-refractivity contribution < 1.29 is 4.43 Å². The number of rotatable bonds is 6. The molecule has 0 amide bonds. The molecule has 2 aliphatic carbocycles. The zero-order chi connectivity index (χ0) is 23.4.